The first-order valence-electron chi connectivity index (χ1n) is 5.48. The van der Waals surface area contributed by atoms with Gasteiger partial charge in [0.15, 0.2) is 0 Å². The van der Waals surface area contributed by atoms with E-state index in [9.17, 15) is 13.2 Å². The molecule has 1 aromatic rings. The fourth-order valence-electron chi connectivity index (χ4n) is 1.85. The van der Waals surface area contributed by atoms with E-state index in [-0.39, 0.29) is 11.7 Å². The Morgan fingerprint density at radius 3 is 2.33 bits per heavy atom. The van der Waals surface area contributed by atoms with Crippen molar-refractivity contribution in [2.24, 2.45) is 11.7 Å². The molecule has 0 saturated heterocycles. The summed E-state index contributed by atoms with van der Waals surface area (Å²) < 4.78 is 27.6. The van der Waals surface area contributed by atoms with Crippen LogP contribution in [0.5, 0.6) is 0 Å². The number of carbonyl (C=O) groups is 1. The molecule has 2 N–H and O–H groups in total. The lowest BCUT2D eigenvalue weighted by Gasteiger charge is -2.23. The maximum Gasteiger partial charge on any atom is 0.405 e. The summed E-state index contributed by atoms with van der Waals surface area (Å²) in [5.74, 6) is -0.435. The number of hydrogen-bond acceptors (Lipinski definition) is 4. The molecule has 6 heteroatoms. The molecule has 18 heavy (non-hydrogen) atoms. The Balaban J connectivity index is 2.95. The summed E-state index contributed by atoms with van der Waals surface area (Å²) in [6, 6.07) is 8.95. The quantitative estimate of drug-likeness (QED) is 0.879. The number of ether oxygens (including phenoxy) is 1. The van der Waals surface area contributed by atoms with Crippen molar-refractivity contribution in [3.05, 3.63) is 35.9 Å². The topological polar surface area (TPSA) is 86.5 Å². The van der Waals surface area contributed by atoms with Crippen molar-refractivity contribution >= 4 is 15.9 Å². The van der Waals surface area contributed by atoms with E-state index in [4.69, 9.17) is 10.5 Å². The number of benzene rings is 1. The zero-order valence-electron chi connectivity index (χ0n) is 10.4. The van der Waals surface area contributed by atoms with Gasteiger partial charge in [0.05, 0.1) is 5.75 Å². The molecule has 0 saturated carbocycles. The predicted molar refractivity (Wildman–Crippen MR) is 68.7 cm³/mol. The van der Waals surface area contributed by atoms with Crippen LogP contribution in [-0.2, 0) is 14.6 Å². The number of nitrogens with two attached hydrogens (primary N) is 1. The van der Waals surface area contributed by atoms with Gasteiger partial charge in [-0.2, -0.15) is 0 Å². The minimum absolute atomic E-state index is 0.0696. The molecule has 1 rings (SSSR count). The highest BCUT2D eigenvalue weighted by molar-refractivity contribution is 7.90. The van der Waals surface area contributed by atoms with E-state index in [0.717, 1.165) is 11.8 Å². The molecule has 1 aromatic carbocycles. The summed E-state index contributed by atoms with van der Waals surface area (Å²) >= 11 is 0. The largest absolute Gasteiger partial charge is 0.441 e. The molecule has 0 radical (unpaired) electrons. The highest BCUT2D eigenvalue weighted by Crippen LogP contribution is 2.26. The van der Waals surface area contributed by atoms with Gasteiger partial charge in [0, 0.05) is 12.2 Å². The Morgan fingerprint density at radius 2 is 1.89 bits per heavy atom. The zero-order chi connectivity index (χ0) is 13.8. The van der Waals surface area contributed by atoms with Crippen molar-refractivity contribution in [1.82, 2.24) is 0 Å². The Labute approximate surface area is 107 Å². The number of carbonyl (C=O) groups excluding carboxylic acids is 1. The lowest BCUT2D eigenvalue weighted by Crippen LogP contribution is -2.26. The molecule has 0 fully saturated rings. The van der Waals surface area contributed by atoms with Crippen molar-refractivity contribution in [3.63, 3.8) is 0 Å². The van der Waals surface area contributed by atoms with E-state index in [1.807, 2.05) is 6.07 Å². The first kappa shape index (κ1) is 14.5. The Kier molecular flexibility index (Phi) is 4.72. The summed E-state index contributed by atoms with van der Waals surface area (Å²) in [4.78, 5) is 10.9. The maximum atomic E-state index is 11.3. The summed E-state index contributed by atoms with van der Waals surface area (Å²) in [5.41, 5.74) is 5.75. The van der Waals surface area contributed by atoms with Gasteiger partial charge < -0.3 is 10.5 Å². The van der Waals surface area contributed by atoms with Crippen LogP contribution in [0.4, 0.5) is 4.79 Å². The predicted octanol–water partition coefficient (Wildman–Crippen LogP) is 1.50. The average molecular weight is 271 g/mol. The third kappa shape index (κ3) is 4.75. The summed E-state index contributed by atoms with van der Waals surface area (Å²) in [6.45, 7) is 1.71. The van der Waals surface area contributed by atoms with Gasteiger partial charge in [0.25, 0.3) is 0 Å². The zero-order valence-corrected chi connectivity index (χ0v) is 11.2. The highest BCUT2D eigenvalue weighted by Gasteiger charge is 2.25. The van der Waals surface area contributed by atoms with Gasteiger partial charge in [-0.25, -0.2) is 13.2 Å². The van der Waals surface area contributed by atoms with Crippen LogP contribution in [0.25, 0.3) is 0 Å². The summed E-state index contributed by atoms with van der Waals surface area (Å²) in [7, 11) is -3.14. The third-order valence-electron chi connectivity index (χ3n) is 2.45. The van der Waals surface area contributed by atoms with E-state index in [0.29, 0.717) is 0 Å². The molecule has 0 aliphatic rings. The number of sulfone groups is 1. The smallest absolute Gasteiger partial charge is 0.405 e. The van der Waals surface area contributed by atoms with Crippen molar-refractivity contribution in [2.75, 3.05) is 12.0 Å². The van der Waals surface area contributed by atoms with Gasteiger partial charge in [-0.3, -0.25) is 0 Å². The Hall–Kier alpha value is -1.56. The standard InChI is InChI=1S/C12H17NO4S/c1-9(8-18(2,15)16)11(17-12(13)14)10-6-4-3-5-7-10/h3-7,9,11H,8H2,1-2H3,(H2,13,14). The second-order valence-electron chi connectivity index (χ2n) is 4.34. The molecule has 5 nitrogen and oxygen atoms in total. The summed E-state index contributed by atoms with van der Waals surface area (Å²) in [5, 5.41) is 0. The molecule has 2 unspecified atom stereocenters. The van der Waals surface area contributed by atoms with Crippen molar-refractivity contribution in [1.29, 1.82) is 0 Å². The van der Waals surface area contributed by atoms with Gasteiger partial charge in [0.1, 0.15) is 15.9 Å². The third-order valence-corrected chi connectivity index (χ3v) is 3.58. The molecule has 1 amide bonds. The van der Waals surface area contributed by atoms with Gasteiger partial charge in [0.2, 0.25) is 0 Å². The van der Waals surface area contributed by atoms with E-state index in [1.165, 1.54) is 0 Å². The molecule has 100 valence electrons. The van der Waals surface area contributed by atoms with Crippen LogP contribution in [0.1, 0.15) is 18.6 Å². The molecule has 2 atom stereocenters. The first-order chi connectivity index (χ1) is 8.29. The molecule has 0 aliphatic carbocycles. The number of primary amides is 1. The van der Waals surface area contributed by atoms with Gasteiger partial charge >= 0.3 is 6.09 Å². The second kappa shape index (κ2) is 5.86. The second-order valence-corrected chi connectivity index (χ2v) is 6.52. The minimum atomic E-state index is -3.14. The monoisotopic (exact) mass is 271 g/mol. The van der Waals surface area contributed by atoms with Crippen molar-refractivity contribution < 1.29 is 17.9 Å². The van der Waals surface area contributed by atoms with Crippen LogP contribution in [0.15, 0.2) is 30.3 Å². The number of hydrogen-bond donors (Lipinski definition) is 1. The Bertz CT molecular complexity index is 498. The van der Waals surface area contributed by atoms with Crippen LogP contribution in [0.3, 0.4) is 0 Å². The van der Waals surface area contributed by atoms with Crippen LogP contribution >= 0.6 is 0 Å². The first-order valence-corrected chi connectivity index (χ1v) is 7.54. The van der Waals surface area contributed by atoms with Crippen molar-refractivity contribution in [2.45, 2.75) is 13.0 Å². The van der Waals surface area contributed by atoms with Crippen LogP contribution in [0.2, 0.25) is 0 Å². The normalized spacial score (nSPS) is 14.8. The molecule has 0 bridgehead atoms. The summed E-state index contributed by atoms with van der Waals surface area (Å²) in [6.07, 6.45) is -0.418. The molecule has 0 aliphatic heterocycles. The molecule has 0 spiro atoms. The Morgan fingerprint density at radius 1 is 1.33 bits per heavy atom. The fraction of sp³-hybridized carbons (Fsp3) is 0.417. The van der Waals surface area contributed by atoms with Crippen molar-refractivity contribution in [3.8, 4) is 0 Å². The molecule has 0 heterocycles. The maximum absolute atomic E-state index is 11.3. The van der Waals surface area contributed by atoms with E-state index in [2.05, 4.69) is 0 Å². The van der Waals surface area contributed by atoms with Crippen LogP contribution < -0.4 is 5.73 Å². The minimum Gasteiger partial charge on any atom is -0.441 e. The van der Waals surface area contributed by atoms with Gasteiger partial charge in [-0.15, -0.1) is 0 Å². The van der Waals surface area contributed by atoms with Gasteiger partial charge in [-0.05, 0) is 5.56 Å². The number of amides is 1. The van der Waals surface area contributed by atoms with E-state index >= 15 is 0 Å². The fourth-order valence-corrected chi connectivity index (χ4v) is 2.98. The molecular weight excluding hydrogens is 254 g/mol. The lowest BCUT2D eigenvalue weighted by atomic mass is 9.99. The van der Waals surface area contributed by atoms with Crippen LogP contribution in [0, 0.1) is 5.92 Å². The number of rotatable bonds is 5. The average Bonchev–Trinajstić information content (AvgIpc) is 2.24. The SMILES string of the molecule is CC(CS(C)(=O)=O)C(OC(N)=O)c1ccccc1. The highest BCUT2D eigenvalue weighted by atomic mass is 32.2. The van der Waals surface area contributed by atoms with E-state index < -0.39 is 22.0 Å². The van der Waals surface area contributed by atoms with E-state index in [1.54, 1.807) is 31.2 Å². The molecular formula is C12H17NO4S. The van der Waals surface area contributed by atoms with Crippen LogP contribution in [-0.4, -0.2) is 26.5 Å². The lowest BCUT2D eigenvalue weighted by molar-refractivity contribution is 0.0792. The molecule has 0 aromatic heterocycles. The van der Waals surface area contributed by atoms with Gasteiger partial charge in [-0.1, -0.05) is 37.3 Å².